The number of carbonyl (C=O) groups excluding carboxylic acids is 2. The van der Waals surface area contributed by atoms with Crippen LogP contribution in [0.5, 0.6) is 0 Å². The van der Waals surface area contributed by atoms with Gasteiger partial charge in [0, 0.05) is 13.6 Å². The normalized spacial score (nSPS) is 12.8. The molecule has 0 aliphatic carbocycles. The highest BCUT2D eigenvalue weighted by Crippen LogP contribution is 2.12. The molecule has 0 fully saturated rings. The third kappa shape index (κ3) is 11.3. The van der Waals surface area contributed by atoms with Crippen LogP contribution in [0.3, 0.4) is 0 Å². The van der Waals surface area contributed by atoms with E-state index in [9.17, 15) is 9.59 Å². The second-order valence-corrected chi connectivity index (χ2v) is 7.40. The minimum Gasteiger partial charge on any atom is -0.458 e. The number of amides is 1. The first-order chi connectivity index (χ1) is 10.3. The third-order valence-corrected chi connectivity index (χ3v) is 2.54. The summed E-state index contributed by atoms with van der Waals surface area (Å²) < 4.78 is 10.5. The summed E-state index contributed by atoms with van der Waals surface area (Å²) in [4.78, 5) is 25.6. The summed E-state index contributed by atoms with van der Waals surface area (Å²) in [6.45, 7) is 11.0. The Bertz CT molecular complexity index is 444. The van der Waals surface area contributed by atoms with E-state index in [-0.39, 0.29) is 0 Å². The molecule has 0 rings (SSSR count). The average Bonchev–Trinajstić information content (AvgIpc) is 2.32. The van der Waals surface area contributed by atoms with Gasteiger partial charge in [-0.1, -0.05) is 0 Å². The lowest BCUT2D eigenvalue weighted by atomic mass is 10.1. The zero-order valence-electron chi connectivity index (χ0n) is 15.2. The van der Waals surface area contributed by atoms with Crippen LogP contribution < -0.4 is 5.32 Å². The van der Waals surface area contributed by atoms with E-state index >= 15 is 0 Å². The van der Waals surface area contributed by atoms with E-state index in [1.54, 1.807) is 48.6 Å². The van der Waals surface area contributed by atoms with Crippen LogP contribution in [0.15, 0.2) is 0 Å². The number of carbonyl (C=O) groups is 2. The Morgan fingerprint density at radius 3 is 2.09 bits per heavy atom. The summed E-state index contributed by atoms with van der Waals surface area (Å²) in [7, 11) is 1.66. The average molecular weight is 327 g/mol. The highest BCUT2D eigenvalue weighted by Gasteiger charge is 2.28. The fourth-order valence-electron chi connectivity index (χ4n) is 1.65. The number of nitrogens with one attached hydrogen (secondary N) is 1. The van der Waals surface area contributed by atoms with Crippen LogP contribution in [-0.2, 0) is 14.3 Å². The zero-order chi connectivity index (χ0) is 18.3. The van der Waals surface area contributed by atoms with Crippen LogP contribution in [-0.4, -0.2) is 47.8 Å². The highest BCUT2D eigenvalue weighted by atomic mass is 16.6. The van der Waals surface area contributed by atoms with Crippen molar-refractivity contribution < 1.29 is 19.1 Å². The molecule has 0 spiro atoms. The van der Waals surface area contributed by atoms with Crippen LogP contribution in [0.2, 0.25) is 0 Å². The van der Waals surface area contributed by atoms with Crippen molar-refractivity contribution in [2.24, 2.45) is 0 Å². The van der Waals surface area contributed by atoms with Gasteiger partial charge in [0.1, 0.15) is 17.2 Å². The number of hydrogen-bond donors (Lipinski definition) is 1. The van der Waals surface area contributed by atoms with Gasteiger partial charge in [-0.2, -0.15) is 5.26 Å². The smallest absolute Gasteiger partial charge is 0.408 e. The molecule has 0 aliphatic heterocycles. The molecule has 1 N–H and O–H groups in total. The number of nitriles is 1. The Morgan fingerprint density at radius 1 is 1.13 bits per heavy atom. The predicted molar refractivity (Wildman–Crippen MR) is 86.5 cm³/mol. The summed E-state index contributed by atoms with van der Waals surface area (Å²) in [6.07, 6.45) is 2.24. The Hall–Kier alpha value is -1.97. The molecule has 23 heavy (non-hydrogen) atoms. The van der Waals surface area contributed by atoms with E-state index in [2.05, 4.69) is 5.32 Å². The molecule has 0 heterocycles. The lowest BCUT2D eigenvalue weighted by Gasteiger charge is -2.26. The molecular weight excluding hydrogens is 298 g/mol. The summed E-state index contributed by atoms with van der Waals surface area (Å²) in [5.74, 6) is -0.511. The molecule has 7 nitrogen and oxygen atoms in total. The molecule has 0 aliphatic rings. The SMILES string of the molecule is CN(C#N)CCC[C@H](NC(=O)OC(C)(C)C)C(=O)OC(C)(C)C. The topological polar surface area (TPSA) is 91.7 Å². The predicted octanol–water partition coefficient (Wildman–Crippen LogP) is 2.41. The molecule has 1 amide bonds. The van der Waals surface area contributed by atoms with Gasteiger partial charge in [0.25, 0.3) is 0 Å². The van der Waals surface area contributed by atoms with E-state index in [1.165, 1.54) is 4.90 Å². The standard InChI is InChI=1S/C16H29N3O4/c1-15(2,3)22-13(20)12(9-8-10-19(7)11-17)18-14(21)23-16(4,5)6/h12H,8-10H2,1-7H3,(H,18,21)/t12-/m0/s1. The van der Waals surface area contributed by atoms with Crippen LogP contribution in [0, 0.1) is 11.5 Å². The van der Waals surface area contributed by atoms with Gasteiger partial charge in [-0.15, -0.1) is 0 Å². The Balaban J connectivity index is 4.76. The Morgan fingerprint density at radius 2 is 1.65 bits per heavy atom. The van der Waals surface area contributed by atoms with Gasteiger partial charge in [0.15, 0.2) is 6.19 Å². The molecule has 0 saturated heterocycles. The minimum atomic E-state index is -0.809. The van der Waals surface area contributed by atoms with Crippen LogP contribution in [0.4, 0.5) is 4.79 Å². The number of rotatable bonds is 6. The van der Waals surface area contributed by atoms with Crippen molar-refractivity contribution >= 4 is 12.1 Å². The number of esters is 1. The van der Waals surface area contributed by atoms with E-state index in [4.69, 9.17) is 14.7 Å². The molecule has 0 saturated carbocycles. The fourth-order valence-corrected chi connectivity index (χ4v) is 1.65. The van der Waals surface area contributed by atoms with E-state index in [0.29, 0.717) is 19.4 Å². The van der Waals surface area contributed by atoms with E-state index in [0.717, 1.165) is 0 Å². The fraction of sp³-hybridized carbons (Fsp3) is 0.812. The maximum atomic E-state index is 12.2. The van der Waals surface area contributed by atoms with Gasteiger partial charge in [-0.3, -0.25) is 0 Å². The third-order valence-electron chi connectivity index (χ3n) is 2.54. The van der Waals surface area contributed by atoms with Crippen LogP contribution in [0.25, 0.3) is 0 Å². The van der Waals surface area contributed by atoms with Gasteiger partial charge < -0.3 is 19.7 Å². The maximum absolute atomic E-state index is 12.2. The van der Waals surface area contributed by atoms with Crippen molar-refractivity contribution in [3.63, 3.8) is 0 Å². The summed E-state index contributed by atoms with van der Waals surface area (Å²) in [6, 6.07) is -0.809. The second kappa shape index (κ2) is 8.61. The van der Waals surface area contributed by atoms with Gasteiger partial charge >= 0.3 is 12.1 Å². The number of hydrogen-bond acceptors (Lipinski definition) is 6. The quantitative estimate of drug-likeness (QED) is 0.457. The van der Waals surface area contributed by atoms with E-state index in [1.807, 2.05) is 6.19 Å². The Labute approximate surface area is 138 Å². The molecular formula is C16H29N3O4. The number of alkyl carbamates (subject to hydrolysis) is 1. The molecule has 0 aromatic carbocycles. The molecule has 132 valence electrons. The highest BCUT2D eigenvalue weighted by molar-refractivity contribution is 5.81. The van der Waals surface area contributed by atoms with Crippen LogP contribution >= 0.6 is 0 Å². The molecule has 0 aromatic heterocycles. The zero-order valence-corrected chi connectivity index (χ0v) is 15.2. The van der Waals surface area contributed by atoms with Crippen molar-refractivity contribution in [1.29, 1.82) is 5.26 Å². The van der Waals surface area contributed by atoms with Gasteiger partial charge in [0.2, 0.25) is 0 Å². The second-order valence-electron chi connectivity index (χ2n) is 7.40. The summed E-state index contributed by atoms with van der Waals surface area (Å²) in [5.41, 5.74) is -1.29. The first-order valence-corrected chi connectivity index (χ1v) is 7.67. The molecule has 0 aromatic rings. The molecule has 7 heteroatoms. The summed E-state index contributed by atoms with van der Waals surface area (Å²) in [5, 5.41) is 11.3. The Kier molecular flexibility index (Phi) is 7.87. The summed E-state index contributed by atoms with van der Waals surface area (Å²) >= 11 is 0. The van der Waals surface area contributed by atoms with Crippen LogP contribution in [0.1, 0.15) is 54.4 Å². The molecule has 1 atom stereocenters. The van der Waals surface area contributed by atoms with Crippen molar-refractivity contribution in [2.75, 3.05) is 13.6 Å². The maximum Gasteiger partial charge on any atom is 0.408 e. The number of ether oxygens (including phenoxy) is 2. The first kappa shape index (κ1) is 21.0. The van der Waals surface area contributed by atoms with Crippen molar-refractivity contribution in [1.82, 2.24) is 10.2 Å². The van der Waals surface area contributed by atoms with E-state index < -0.39 is 29.3 Å². The van der Waals surface area contributed by atoms with Crippen molar-refractivity contribution in [3.8, 4) is 6.19 Å². The lowest BCUT2D eigenvalue weighted by molar-refractivity contribution is -0.157. The molecule has 0 bridgehead atoms. The van der Waals surface area contributed by atoms with Crippen molar-refractivity contribution in [3.05, 3.63) is 0 Å². The molecule has 0 radical (unpaired) electrons. The monoisotopic (exact) mass is 327 g/mol. The van der Waals surface area contributed by atoms with Crippen molar-refractivity contribution in [2.45, 2.75) is 71.6 Å². The molecule has 0 unspecified atom stereocenters. The lowest BCUT2D eigenvalue weighted by Crippen LogP contribution is -2.46. The number of nitrogens with zero attached hydrogens (tertiary/aromatic N) is 2. The van der Waals surface area contributed by atoms with Gasteiger partial charge in [0.05, 0.1) is 0 Å². The van der Waals surface area contributed by atoms with Gasteiger partial charge in [-0.25, -0.2) is 9.59 Å². The van der Waals surface area contributed by atoms with Gasteiger partial charge in [-0.05, 0) is 54.4 Å². The minimum absolute atomic E-state index is 0.361. The largest absolute Gasteiger partial charge is 0.458 e. The first-order valence-electron chi connectivity index (χ1n) is 7.67.